The molecule has 0 unspecified atom stereocenters. The van der Waals surface area contributed by atoms with Gasteiger partial charge in [0, 0.05) is 18.5 Å². The maximum atomic E-state index is 12.6. The number of nitrogens with zero attached hydrogens (tertiary/aromatic N) is 2. The lowest BCUT2D eigenvalue weighted by molar-refractivity contribution is 0.0949. The van der Waals surface area contributed by atoms with Gasteiger partial charge in [0.05, 0.1) is 11.9 Å². The van der Waals surface area contributed by atoms with Crippen LogP contribution in [0, 0.1) is 5.92 Å². The minimum atomic E-state index is -0.175. The summed E-state index contributed by atoms with van der Waals surface area (Å²) in [5.41, 5.74) is 1.68. The summed E-state index contributed by atoms with van der Waals surface area (Å²) >= 11 is 0. The number of rotatable bonds is 4. The first-order valence-electron chi connectivity index (χ1n) is 9.32. The van der Waals surface area contributed by atoms with E-state index in [1.165, 1.54) is 25.7 Å². The summed E-state index contributed by atoms with van der Waals surface area (Å²) in [5.74, 6) is 0.718. The second-order valence-electron chi connectivity index (χ2n) is 7.26. The Balaban J connectivity index is 1.60. The van der Waals surface area contributed by atoms with Crippen molar-refractivity contribution in [1.82, 2.24) is 25.2 Å². The van der Waals surface area contributed by atoms with Gasteiger partial charge < -0.3 is 15.6 Å². The van der Waals surface area contributed by atoms with E-state index < -0.39 is 0 Å². The standard InChI is InChI=1S/C18H25N5O2/c24-16-9-15(13-5-7-19-8-6-13)23-17(22-16)14(11-21-23)18(25)20-10-12-3-1-2-4-12/h9,11-13,19H,1-8,10H2,(H,20,25)(H,22,24). The first kappa shape index (κ1) is 16.3. The fraction of sp³-hybridized carbons (Fsp3) is 0.611. The molecule has 7 heteroatoms. The third kappa shape index (κ3) is 3.33. The van der Waals surface area contributed by atoms with Crippen LogP contribution >= 0.6 is 0 Å². The number of carbonyl (C=O) groups excluding carboxylic acids is 1. The summed E-state index contributed by atoms with van der Waals surface area (Å²) < 4.78 is 1.74. The highest BCUT2D eigenvalue weighted by molar-refractivity contribution is 5.99. The van der Waals surface area contributed by atoms with Gasteiger partial charge >= 0.3 is 0 Å². The molecule has 1 aliphatic heterocycles. The number of piperidine rings is 1. The first-order chi connectivity index (χ1) is 12.2. The summed E-state index contributed by atoms with van der Waals surface area (Å²) in [5, 5.41) is 10.7. The lowest BCUT2D eigenvalue weighted by Gasteiger charge is -2.23. The van der Waals surface area contributed by atoms with Gasteiger partial charge in [-0.25, -0.2) is 4.52 Å². The van der Waals surface area contributed by atoms with Gasteiger partial charge in [0.2, 0.25) is 0 Å². The van der Waals surface area contributed by atoms with Gasteiger partial charge in [0.25, 0.3) is 11.5 Å². The van der Waals surface area contributed by atoms with Crippen LogP contribution in [0.3, 0.4) is 0 Å². The van der Waals surface area contributed by atoms with E-state index in [1.807, 2.05) is 0 Å². The molecule has 0 atom stereocenters. The average molecular weight is 343 g/mol. The normalized spacial score (nSPS) is 19.5. The highest BCUT2D eigenvalue weighted by Gasteiger charge is 2.23. The van der Waals surface area contributed by atoms with Crippen molar-refractivity contribution in [1.29, 1.82) is 0 Å². The highest BCUT2D eigenvalue weighted by atomic mass is 16.1. The third-order valence-electron chi connectivity index (χ3n) is 5.56. The van der Waals surface area contributed by atoms with Crippen LogP contribution in [-0.4, -0.2) is 40.1 Å². The fourth-order valence-corrected chi connectivity index (χ4v) is 4.13. The predicted octanol–water partition coefficient (Wildman–Crippen LogP) is 1.41. The predicted molar refractivity (Wildman–Crippen MR) is 94.9 cm³/mol. The topological polar surface area (TPSA) is 91.3 Å². The number of H-pyrrole nitrogens is 1. The summed E-state index contributed by atoms with van der Waals surface area (Å²) in [6.07, 6.45) is 8.40. The molecular weight excluding hydrogens is 318 g/mol. The minimum absolute atomic E-state index is 0.153. The molecule has 2 aliphatic rings. The smallest absolute Gasteiger partial charge is 0.256 e. The zero-order valence-electron chi connectivity index (χ0n) is 14.4. The van der Waals surface area contributed by atoms with Crippen LogP contribution in [0.25, 0.3) is 5.65 Å². The van der Waals surface area contributed by atoms with Crippen molar-refractivity contribution in [3.05, 3.63) is 33.9 Å². The van der Waals surface area contributed by atoms with Crippen molar-refractivity contribution in [2.75, 3.05) is 19.6 Å². The van der Waals surface area contributed by atoms with E-state index in [0.29, 0.717) is 29.6 Å². The van der Waals surface area contributed by atoms with Gasteiger partial charge in [-0.3, -0.25) is 9.59 Å². The Morgan fingerprint density at radius 1 is 1.24 bits per heavy atom. The summed E-state index contributed by atoms with van der Waals surface area (Å²) in [6.45, 7) is 2.58. The maximum absolute atomic E-state index is 12.6. The molecule has 4 rings (SSSR count). The second kappa shape index (κ2) is 7.00. The van der Waals surface area contributed by atoms with Gasteiger partial charge in [-0.05, 0) is 44.7 Å². The molecule has 1 saturated carbocycles. The molecule has 0 radical (unpaired) electrons. The number of fused-ring (bicyclic) bond motifs is 1. The van der Waals surface area contributed by atoms with Crippen molar-refractivity contribution in [2.24, 2.45) is 5.92 Å². The number of aromatic nitrogens is 3. The molecule has 1 saturated heterocycles. The van der Waals surface area contributed by atoms with Crippen molar-refractivity contribution in [3.8, 4) is 0 Å². The van der Waals surface area contributed by atoms with Crippen LogP contribution in [0.4, 0.5) is 0 Å². The third-order valence-corrected chi connectivity index (χ3v) is 5.56. The summed E-state index contributed by atoms with van der Waals surface area (Å²) in [6, 6.07) is 1.62. The van der Waals surface area contributed by atoms with E-state index >= 15 is 0 Å². The SMILES string of the molecule is O=C(NCC1CCCC1)c1cnn2c(C3CCNCC3)cc(=O)[nH]c12. The Bertz CT molecular complexity index is 812. The van der Waals surface area contributed by atoms with E-state index in [9.17, 15) is 9.59 Å². The molecule has 3 heterocycles. The molecule has 2 aromatic rings. The monoisotopic (exact) mass is 343 g/mol. The number of nitrogens with one attached hydrogen (secondary N) is 3. The Hall–Kier alpha value is -2.15. The van der Waals surface area contributed by atoms with Crippen molar-refractivity contribution in [3.63, 3.8) is 0 Å². The molecule has 0 spiro atoms. The molecule has 1 amide bonds. The van der Waals surface area contributed by atoms with Crippen molar-refractivity contribution in [2.45, 2.75) is 44.4 Å². The number of amides is 1. The van der Waals surface area contributed by atoms with Gasteiger partial charge in [0.15, 0.2) is 0 Å². The summed E-state index contributed by atoms with van der Waals surface area (Å²) in [7, 11) is 0. The summed E-state index contributed by atoms with van der Waals surface area (Å²) in [4.78, 5) is 27.5. The van der Waals surface area contributed by atoms with Gasteiger partial charge in [0.1, 0.15) is 11.2 Å². The maximum Gasteiger partial charge on any atom is 0.256 e. The van der Waals surface area contributed by atoms with Crippen LogP contribution < -0.4 is 16.2 Å². The lowest BCUT2D eigenvalue weighted by Crippen LogP contribution is -2.29. The lowest BCUT2D eigenvalue weighted by atomic mass is 9.94. The quantitative estimate of drug-likeness (QED) is 0.783. The van der Waals surface area contributed by atoms with E-state index in [2.05, 4.69) is 20.7 Å². The van der Waals surface area contributed by atoms with Crippen LogP contribution in [-0.2, 0) is 0 Å². The molecule has 25 heavy (non-hydrogen) atoms. The minimum Gasteiger partial charge on any atom is -0.352 e. The fourth-order valence-electron chi connectivity index (χ4n) is 4.13. The number of hydrogen-bond acceptors (Lipinski definition) is 4. The molecule has 7 nitrogen and oxygen atoms in total. The molecule has 0 aromatic carbocycles. The van der Waals surface area contributed by atoms with E-state index in [1.54, 1.807) is 16.8 Å². The number of hydrogen-bond donors (Lipinski definition) is 3. The second-order valence-corrected chi connectivity index (χ2v) is 7.26. The van der Waals surface area contributed by atoms with Crippen LogP contribution in [0.1, 0.15) is 60.5 Å². The van der Waals surface area contributed by atoms with Crippen LogP contribution in [0.15, 0.2) is 17.1 Å². The van der Waals surface area contributed by atoms with Crippen molar-refractivity contribution < 1.29 is 4.79 Å². The van der Waals surface area contributed by atoms with E-state index in [-0.39, 0.29) is 11.5 Å². The molecule has 2 fully saturated rings. The van der Waals surface area contributed by atoms with Crippen LogP contribution in [0.5, 0.6) is 0 Å². The zero-order chi connectivity index (χ0) is 17.2. The van der Waals surface area contributed by atoms with Crippen molar-refractivity contribution >= 4 is 11.6 Å². The van der Waals surface area contributed by atoms with E-state index in [4.69, 9.17) is 0 Å². The molecule has 2 aromatic heterocycles. The van der Waals surface area contributed by atoms with Gasteiger partial charge in [-0.2, -0.15) is 5.10 Å². The number of aromatic amines is 1. The average Bonchev–Trinajstić information content (AvgIpc) is 3.29. The highest BCUT2D eigenvalue weighted by Crippen LogP contribution is 2.25. The molecule has 134 valence electrons. The Labute approximate surface area is 146 Å². The van der Waals surface area contributed by atoms with Crippen LogP contribution in [0.2, 0.25) is 0 Å². The van der Waals surface area contributed by atoms with Gasteiger partial charge in [-0.15, -0.1) is 0 Å². The number of carbonyl (C=O) groups is 1. The molecule has 0 bridgehead atoms. The molecule has 3 N–H and O–H groups in total. The Morgan fingerprint density at radius 3 is 2.76 bits per heavy atom. The Morgan fingerprint density at radius 2 is 2.00 bits per heavy atom. The zero-order valence-corrected chi connectivity index (χ0v) is 14.4. The van der Waals surface area contributed by atoms with Gasteiger partial charge in [-0.1, -0.05) is 12.8 Å². The molecule has 1 aliphatic carbocycles. The Kier molecular flexibility index (Phi) is 4.57. The van der Waals surface area contributed by atoms with E-state index in [0.717, 1.165) is 31.6 Å². The molecular formula is C18H25N5O2. The largest absolute Gasteiger partial charge is 0.352 e. The first-order valence-corrected chi connectivity index (χ1v) is 9.32.